The van der Waals surface area contributed by atoms with Gasteiger partial charge in [-0.1, -0.05) is 11.8 Å². The van der Waals surface area contributed by atoms with Gasteiger partial charge in [0.1, 0.15) is 5.69 Å². The molecule has 0 bridgehead atoms. The topological polar surface area (TPSA) is 54.4 Å². The fourth-order valence-corrected chi connectivity index (χ4v) is 3.17. The molecule has 0 amide bonds. The Morgan fingerprint density at radius 3 is 3.06 bits per heavy atom. The van der Waals surface area contributed by atoms with Gasteiger partial charge in [0.05, 0.1) is 6.04 Å². The number of carbonyl (C=O) groups is 1. The molecule has 0 spiro atoms. The second kappa shape index (κ2) is 4.97. The van der Waals surface area contributed by atoms with Crippen molar-refractivity contribution in [2.75, 3.05) is 11.1 Å². The molecule has 1 N–H and O–H groups in total. The molecule has 2 heterocycles. The molecule has 0 aromatic carbocycles. The lowest BCUT2D eigenvalue weighted by atomic mass is 10.3. The number of aromatic nitrogens is 1. The largest absolute Gasteiger partial charge is 0.311 e. The van der Waals surface area contributed by atoms with Crippen LogP contribution < -0.4 is 5.32 Å². The van der Waals surface area contributed by atoms with Gasteiger partial charge in [0.15, 0.2) is 16.1 Å². The highest BCUT2D eigenvalue weighted by molar-refractivity contribution is 8.14. The van der Waals surface area contributed by atoms with Gasteiger partial charge in [-0.2, -0.15) is 0 Å². The van der Waals surface area contributed by atoms with E-state index in [1.54, 1.807) is 17.1 Å². The summed E-state index contributed by atoms with van der Waals surface area (Å²) in [5, 5.41) is 6.57. The molecule has 0 aliphatic carbocycles. The molecule has 4 nitrogen and oxygen atoms in total. The highest BCUT2D eigenvalue weighted by Gasteiger charge is 2.13. The normalized spacial score (nSPS) is 20.4. The van der Waals surface area contributed by atoms with Crippen molar-refractivity contribution in [3.63, 3.8) is 0 Å². The molecule has 0 saturated carbocycles. The van der Waals surface area contributed by atoms with Crippen LogP contribution in [0.3, 0.4) is 0 Å². The lowest BCUT2D eigenvalue weighted by Gasteiger charge is -2.16. The average Bonchev–Trinajstić information content (AvgIpc) is 2.66. The summed E-state index contributed by atoms with van der Waals surface area (Å²) in [4.78, 5) is 19.8. The molecule has 6 heteroatoms. The third-order valence-electron chi connectivity index (χ3n) is 2.19. The van der Waals surface area contributed by atoms with Crippen LogP contribution in [0.15, 0.2) is 10.4 Å². The van der Waals surface area contributed by atoms with E-state index in [0.29, 0.717) is 11.7 Å². The van der Waals surface area contributed by atoms with Crippen LogP contribution >= 0.6 is 23.1 Å². The van der Waals surface area contributed by atoms with Gasteiger partial charge in [-0.05, 0) is 13.3 Å². The Morgan fingerprint density at radius 1 is 1.62 bits per heavy atom. The van der Waals surface area contributed by atoms with Gasteiger partial charge in [0, 0.05) is 18.1 Å². The van der Waals surface area contributed by atoms with E-state index in [4.69, 9.17) is 0 Å². The minimum absolute atomic E-state index is 0.00379. The molecule has 16 heavy (non-hydrogen) atoms. The van der Waals surface area contributed by atoms with Crippen LogP contribution in [0.2, 0.25) is 0 Å². The van der Waals surface area contributed by atoms with Crippen LogP contribution in [0.1, 0.15) is 30.8 Å². The van der Waals surface area contributed by atoms with E-state index in [1.165, 1.54) is 18.3 Å². The van der Waals surface area contributed by atoms with Gasteiger partial charge in [-0.25, -0.2) is 4.98 Å². The van der Waals surface area contributed by atoms with Crippen molar-refractivity contribution in [2.45, 2.75) is 26.3 Å². The summed E-state index contributed by atoms with van der Waals surface area (Å²) >= 11 is 3.14. The Morgan fingerprint density at radius 2 is 2.44 bits per heavy atom. The van der Waals surface area contributed by atoms with Crippen LogP contribution in [0, 0.1) is 0 Å². The van der Waals surface area contributed by atoms with E-state index in [2.05, 4.69) is 22.2 Å². The number of ketones is 1. The summed E-state index contributed by atoms with van der Waals surface area (Å²) in [7, 11) is 0. The lowest BCUT2D eigenvalue weighted by Crippen LogP contribution is -2.17. The average molecular weight is 255 g/mol. The Balaban J connectivity index is 2.06. The monoisotopic (exact) mass is 255 g/mol. The molecular weight excluding hydrogens is 242 g/mol. The highest BCUT2D eigenvalue weighted by Crippen LogP contribution is 2.21. The lowest BCUT2D eigenvalue weighted by molar-refractivity contribution is 0.101. The third kappa shape index (κ3) is 2.82. The Bertz CT molecular complexity index is 427. The fraction of sp³-hybridized carbons (Fsp3) is 0.500. The third-order valence-corrected chi connectivity index (χ3v) is 3.87. The van der Waals surface area contributed by atoms with Crippen LogP contribution in [-0.2, 0) is 0 Å². The van der Waals surface area contributed by atoms with E-state index in [-0.39, 0.29) is 5.78 Å². The molecule has 2 rings (SSSR count). The van der Waals surface area contributed by atoms with Crippen molar-refractivity contribution < 1.29 is 4.79 Å². The molecule has 0 radical (unpaired) electrons. The second-order valence-corrected chi connectivity index (χ2v) is 5.58. The van der Waals surface area contributed by atoms with Gasteiger partial charge in [0.2, 0.25) is 0 Å². The zero-order valence-electron chi connectivity index (χ0n) is 9.19. The van der Waals surface area contributed by atoms with Crippen LogP contribution in [0.5, 0.6) is 0 Å². The zero-order valence-corrected chi connectivity index (χ0v) is 10.8. The Kier molecular flexibility index (Phi) is 3.60. The first-order chi connectivity index (χ1) is 7.65. The fourth-order valence-electron chi connectivity index (χ4n) is 1.28. The van der Waals surface area contributed by atoms with Crippen molar-refractivity contribution in [3.05, 3.63) is 11.1 Å². The summed E-state index contributed by atoms with van der Waals surface area (Å²) in [6.07, 6.45) is 1.12. The number of thiazole rings is 1. The van der Waals surface area contributed by atoms with E-state index < -0.39 is 0 Å². The van der Waals surface area contributed by atoms with Gasteiger partial charge in [-0.15, -0.1) is 11.3 Å². The molecule has 1 aromatic heterocycles. The van der Waals surface area contributed by atoms with E-state index in [0.717, 1.165) is 22.5 Å². The molecule has 1 unspecified atom stereocenters. The number of anilines is 1. The van der Waals surface area contributed by atoms with Gasteiger partial charge < -0.3 is 5.32 Å². The van der Waals surface area contributed by atoms with Crippen LogP contribution in [0.25, 0.3) is 0 Å². The maximum Gasteiger partial charge on any atom is 0.189 e. The molecule has 86 valence electrons. The number of rotatable bonds is 2. The molecule has 1 aromatic rings. The number of nitrogens with zero attached hydrogens (tertiary/aromatic N) is 2. The SMILES string of the molecule is CC(=O)c1csc(NC2=NC(C)CCS2)n1. The summed E-state index contributed by atoms with van der Waals surface area (Å²) < 4.78 is 0. The first-order valence-corrected chi connectivity index (χ1v) is 6.96. The quantitative estimate of drug-likeness (QED) is 0.825. The number of thioether (sulfide) groups is 1. The van der Waals surface area contributed by atoms with Crippen molar-refractivity contribution >= 4 is 39.2 Å². The Hall–Kier alpha value is -0.880. The first kappa shape index (κ1) is 11.6. The van der Waals surface area contributed by atoms with E-state index >= 15 is 0 Å². The van der Waals surface area contributed by atoms with Gasteiger partial charge in [0.25, 0.3) is 0 Å². The van der Waals surface area contributed by atoms with Crippen molar-refractivity contribution in [1.29, 1.82) is 0 Å². The van der Waals surface area contributed by atoms with Crippen LogP contribution in [0.4, 0.5) is 5.13 Å². The molecule has 0 saturated heterocycles. The minimum Gasteiger partial charge on any atom is -0.311 e. The first-order valence-electron chi connectivity index (χ1n) is 5.09. The summed E-state index contributed by atoms with van der Waals surface area (Å²) in [6, 6.07) is 0.371. The van der Waals surface area contributed by atoms with E-state index in [9.17, 15) is 4.79 Å². The van der Waals surface area contributed by atoms with Crippen molar-refractivity contribution in [1.82, 2.24) is 4.98 Å². The van der Waals surface area contributed by atoms with Crippen molar-refractivity contribution in [3.8, 4) is 0 Å². The highest BCUT2D eigenvalue weighted by atomic mass is 32.2. The number of hydrogen-bond donors (Lipinski definition) is 1. The number of carbonyl (C=O) groups excluding carboxylic acids is 1. The number of hydrogen-bond acceptors (Lipinski definition) is 6. The second-order valence-electron chi connectivity index (χ2n) is 3.64. The Labute approximate surface area is 103 Å². The van der Waals surface area contributed by atoms with Gasteiger partial charge >= 0.3 is 0 Å². The van der Waals surface area contributed by atoms with Gasteiger partial charge in [-0.3, -0.25) is 9.79 Å². The maximum atomic E-state index is 11.1. The van der Waals surface area contributed by atoms with Crippen LogP contribution in [-0.4, -0.2) is 27.7 Å². The van der Waals surface area contributed by atoms with Crippen molar-refractivity contribution in [2.24, 2.45) is 4.99 Å². The number of nitrogens with one attached hydrogen (secondary N) is 1. The summed E-state index contributed by atoms with van der Waals surface area (Å²) in [6.45, 7) is 3.62. The zero-order chi connectivity index (χ0) is 11.5. The van der Waals surface area contributed by atoms with E-state index in [1.807, 2.05) is 0 Å². The molecule has 1 aliphatic rings. The summed E-state index contributed by atoms with van der Waals surface area (Å²) in [5.74, 6) is 1.08. The smallest absolute Gasteiger partial charge is 0.189 e. The number of aliphatic imine (C=N–C) groups is 1. The minimum atomic E-state index is -0.00379. The predicted octanol–water partition coefficient (Wildman–Crippen LogP) is 2.64. The molecule has 1 aliphatic heterocycles. The standard InChI is InChI=1S/C10H13N3OS2/c1-6-3-4-15-9(11-6)13-10-12-8(5-16-10)7(2)14/h5-6H,3-4H2,1-2H3,(H,11,12,13). The molecular formula is C10H13N3OS2. The molecule has 1 atom stereocenters. The number of Topliss-reactive ketones (excluding diaryl/α,β-unsaturated/α-hetero) is 1. The maximum absolute atomic E-state index is 11.1. The molecule has 0 fully saturated rings. The summed E-state index contributed by atoms with van der Waals surface area (Å²) in [5.41, 5.74) is 0.516. The number of amidine groups is 1. The predicted molar refractivity (Wildman–Crippen MR) is 69.7 cm³/mol.